The van der Waals surface area contributed by atoms with E-state index in [0.29, 0.717) is 12.1 Å². The van der Waals surface area contributed by atoms with Crippen LogP contribution in [-0.4, -0.2) is 87.7 Å². The number of H-pyrrole nitrogens is 2. The molecule has 2 aromatic carbocycles. The molecule has 0 bridgehead atoms. The molecule has 50 heavy (non-hydrogen) atoms. The molecule has 16 nitrogen and oxygen atoms in total. The van der Waals surface area contributed by atoms with Crippen LogP contribution in [0.2, 0.25) is 0 Å². The van der Waals surface area contributed by atoms with E-state index in [2.05, 4.69) is 46.5 Å². The van der Waals surface area contributed by atoms with Crippen LogP contribution in [-0.2, 0) is 43.2 Å². The normalized spacial score (nSPS) is 20.8. The third kappa shape index (κ3) is 9.68. The van der Waals surface area contributed by atoms with Crippen molar-refractivity contribution in [2.75, 3.05) is 13.1 Å². The molecular weight excluding hydrogens is 642 g/mol. The molecule has 5 amide bonds. The third-order valence-electron chi connectivity index (χ3n) is 8.28. The van der Waals surface area contributed by atoms with Crippen molar-refractivity contribution in [2.24, 2.45) is 16.5 Å². The average molecular weight is 684 g/mol. The second-order valence-corrected chi connectivity index (χ2v) is 12.0. The van der Waals surface area contributed by atoms with Crippen LogP contribution >= 0.6 is 0 Å². The van der Waals surface area contributed by atoms with Gasteiger partial charge >= 0.3 is 0 Å². The van der Waals surface area contributed by atoms with Crippen molar-refractivity contribution in [3.8, 4) is 0 Å². The molecule has 0 radical (unpaired) electrons. The van der Waals surface area contributed by atoms with Crippen LogP contribution < -0.4 is 38.1 Å². The van der Waals surface area contributed by atoms with Gasteiger partial charge in [0, 0.05) is 54.8 Å². The Hall–Kier alpha value is -6.19. The number of amides is 5. The fraction of sp³-hybridized carbons (Fsp3) is 0.324. The molecule has 1 aliphatic rings. The molecule has 0 spiro atoms. The number of rotatable bonds is 10. The van der Waals surface area contributed by atoms with Gasteiger partial charge in [0.2, 0.25) is 29.5 Å². The van der Waals surface area contributed by atoms with Crippen molar-refractivity contribution in [3.05, 3.63) is 90.1 Å². The topological polar surface area (TPSA) is 254 Å². The van der Waals surface area contributed by atoms with Gasteiger partial charge in [0.25, 0.3) is 0 Å². The average Bonchev–Trinajstić information content (AvgIpc) is 3.77. The van der Waals surface area contributed by atoms with E-state index in [1.54, 1.807) is 18.3 Å². The van der Waals surface area contributed by atoms with Gasteiger partial charge in [-0.2, -0.15) is 0 Å². The summed E-state index contributed by atoms with van der Waals surface area (Å²) in [5.74, 6) is -3.30. The Kier molecular flexibility index (Phi) is 11.8. The summed E-state index contributed by atoms with van der Waals surface area (Å²) in [5, 5.41) is 14.5. The van der Waals surface area contributed by atoms with E-state index >= 15 is 0 Å². The molecule has 4 atom stereocenters. The molecule has 4 aromatic rings. The van der Waals surface area contributed by atoms with Crippen LogP contribution in [0.1, 0.15) is 29.7 Å². The summed E-state index contributed by atoms with van der Waals surface area (Å²) >= 11 is 0. The number of aromatic amines is 2. The first-order valence-electron chi connectivity index (χ1n) is 16.3. The number of aliphatic imine (C=N–C) groups is 1. The van der Waals surface area contributed by atoms with E-state index in [9.17, 15) is 24.0 Å². The van der Waals surface area contributed by atoms with Crippen LogP contribution in [0.25, 0.3) is 10.9 Å². The second-order valence-electron chi connectivity index (χ2n) is 12.0. The van der Waals surface area contributed by atoms with Crippen molar-refractivity contribution < 1.29 is 24.0 Å². The largest absolute Gasteiger partial charge is 0.370 e. The minimum absolute atomic E-state index is 0.0296. The van der Waals surface area contributed by atoms with Crippen molar-refractivity contribution in [1.82, 2.24) is 41.5 Å². The number of para-hydroxylation sites is 1. The lowest BCUT2D eigenvalue weighted by Gasteiger charge is -2.26. The number of imidazole rings is 1. The van der Waals surface area contributed by atoms with Gasteiger partial charge in [-0.1, -0.05) is 48.5 Å². The van der Waals surface area contributed by atoms with Crippen molar-refractivity contribution >= 4 is 46.4 Å². The zero-order chi connectivity index (χ0) is 35.5. The number of hydrogen-bond donors (Lipinski definition) is 9. The van der Waals surface area contributed by atoms with Gasteiger partial charge in [-0.25, -0.2) is 4.98 Å². The monoisotopic (exact) mass is 683 g/mol. The number of nitrogens with one attached hydrogen (secondary N) is 7. The molecule has 1 saturated heterocycles. The molecule has 0 unspecified atom stereocenters. The minimum Gasteiger partial charge on any atom is -0.370 e. The number of aromatic nitrogens is 3. The van der Waals surface area contributed by atoms with E-state index in [4.69, 9.17) is 11.5 Å². The highest BCUT2D eigenvalue weighted by Gasteiger charge is 2.33. The summed E-state index contributed by atoms with van der Waals surface area (Å²) < 4.78 is 0. The van der Waals surface area contributed by atoms with E-state index in [1.807, 2.05) is 42.5 Å². The summed E-state index contributed by atoms with van der Waals surface area (Å²) in [7, 11) is 0. The van der Waals surface area contributed by atoms with Gasteiger partial charge < -0.3 is 48.0 Å². The Morgan fingerprint density at radius 2 is 1.40 bits per heavy atom. The van der Waals surface area contributed by atoms with Crippen molar-refractivity contribution in [1.29, 1.82) is 0 Å². The number of nitrogens with two attached hydrogens (primary N) is 2. The van der Waals surface area contributed by atoms with Crippen LogP contribution in [0, 0.1) is 0 Å². The van der Waals surface area contributed by atoms with E-state index in [0.717, 1.165) is 22.0 Å². The molecule has 1 aliphatic heterocycles. The lowest BCUT2D eigenvalue weighted by Crippen LogP contribution is -2.58. The second kappa shape index (κ2) is 16.8. The molecule has 2 aromatic heterocycles. The predicted octanol–water partition coefficient (Wildman–Crippen LogP) is -0.958. The highest BCUT2D eigenvalue weighted by Crippen LogP contribution is 2.19. The van der Waals surface area contributed by atoms with E-state index in [1.165, 1.54) is 12.5 Å². The quantitative estimate of drug-likeness (QED) is 0.0570. The van der Waals surface area contributed by atoms with Crippen LogP contribution in [0.5, 0.6) is 0 Å². The standard InChI is InChI=1S/C34H41N11O5/c35-34(36)38-12-6-11-25-31(48)45-27(14-21-16-39-24-10-5-4-9-23(21)24)30(47)40-18-29(46)42-28(15-22-17-37-19-41-22)33(50)44-26(32(49)43-25)13-20-7-2-1-3-8-20/h1-5,7-10,16-17,19,25-28,39H,6,11-15,18H2,(H,37,41)(H,40,47)(H,42,46)(H,43,49)(H,44,50)(H,45,48)(H4,35,36,38)/t25-,26+,27-,28-/m0/s1. The predicted molar refractivity (Wildman–Crippen MR) is 185 cm³/mol. The maximum Gasteiger partial charge on any atom is 0.243 e. The Balaban J connectivity index is 1.48. The van der Waals surface area contributed by atoms with Gasteiger partial charge in [0.1, 0.15) is 24.2 Å². The molecule has 262 valence electrons. The van der Waals surface area contributed by atoms with E-state index < -0.39 is 60.2 Å². The van der Waals surface area contributed by atoms with Gasteiger partial charge in [-0.3, -0.25) is 29.0 Å². The summed E-state index contributed by atoms with van der Waals surface area (Å²) in [6.45, 7) is -0.285. The Labute approximate surface area is 287 Å². The smallest absolute Gasteiger partial charge is 0.243 e. The zero-order valence-electron chi connectivity index (χ0n) is 27.3. The van der Waals surface area contributed by atoms with Crippen LogP contribution in [0.4, 0.5) is 0 Å². The van der Waals surface area contributed by atoms with Gasteiger partial charge in [0.05, 0.1) is 12.9 Å². The summed E-state index contributed by atoms with van der Waals surface area (Å²) in [6.07, 6.45) is 5.35. The number of benzene rings is 2. The first-order valence-corrected chi connectivity index (χ1v) is 16.3. The highest BCUT2D eigenvalue weighted by atomic mass is 16.2. The SMILES string of the molecule is NC(N)=NCCC[C@@H]1NC(=O)[C@@H](Cc2ccccc2)NC(=O)[C@H](Cc2cnc[nH]2)NC(=O)CNC(=O)[C@H](Cc2c[nH]c3ccccc23)NC1=O. The molecule has 0 aliphatic carbocycles. The Morgan fingerprint density at radius 3 is 2.12 bits per heavy atom. The number of fused-ring (bicyclic) bond motifs is 1. The molecule has 16 heteroatoms. The Morgan fingerprint density at radius 1 is 0.740 bits per heavy atom. The summed E-state index contributed by atoms with van der Waals surface area (Å²) in [5.41, 5.74) is 13.9. The van der Waals surface area contributed by atoms with Crippen LogP contribution in [0.15, 0.2) is 78.3 Å². The molecule has 3 heterocycles. The molecule has 11 N–H and O–H groups in total. The van der Waals surface area contributed by atoms with Crippen molar-refractivity contribution in [3.63, 3.8) is 0 Å². The maximum absolute atomic E-state index is 14.0. The fourth-order valence-corrected chi connectivity index (χ4v) is 5.74. The highest BCUT2D eigenvalue weighted by molar-refractivity contribution is 5.97. The number of carbonyl (C=O) groups excluding carboxylic acids is 5. The summed E-state index contributed by atoms with van der Waals surface area (Å²) in [6, 6.07) is 12.1. The zero-order valence-corrected chi connectivity index (χ0v) is 27.3. The number of hydrogen-bond acceptors (Lipinski definition) is 7. The first kappa shape index (κ1) is 35.1. The lowest BCUT2D eigenvalue weighted by molar-refractivity contribution is -0.134. The van der Waals surface area contributed by atoms with Gasteiger partial charge in [0.15, 0.2) is 5.96 Å². The molecule has 5 rings (SSSR count). The molecular formula is C34H41N11O5. The fourth-order valence-electron chi connectivity index (χ4n) is 5.74. The minimum atomic E-state index is -1.13. The molecule has 0 saturated carbocycles. The van der Waals surface area contributed by atoms with Gasteiger partial charge in [-0.15, -0.1) is 0 Å². The van der Waals surface area contributed by atoms with Gasteiger partial charge in [-0.05, 0) is 30.0 Å². The third-order valence-corrected chi connectivity index (χ3v) is 8.28. The molecule has 1 fully saturated rings. The van der Waals surface area contributed by atoms with Crippen LogP contribution in [0.3, 0.4) is 0 Å². The summed E-state index contributed by atoms with van der Waals surface area (Å²) in [4.78, 5) is 82.5. The maximum atomic E-state index is 14.0. The number of carbonyl (C=O) groups is 5. The Bertz CT molecular complexity index is 1820. The lowest BCUT2D eigenvalue weighted by atomic mass is 10.0. The van der Waals surface area contributed by atoms with Crippen molar-refractivity contribution in [2.45, 2.75) is 56.3 Å². The number of guanidine groups is 1. The first-order chi connectivity index (χ1) is 24.2. The number of nitrogens with zero attached hydrogens (tertiary/aromatic N) is 2. The van der Waals surface area contributed by atoms with E-state index in [-0.39, 0.29) is 38.2 Å².